The molecule has 0 saturated heterocycles. The molecular formula is C12H22N4O2. The van der Waals surface area contributed by atoms with Crippen molar-refractivity contribution in [1.29, 1.82) is 0 Å². The molecule has 1 rings (SSSR count). The monoisotopic (exact) mass is 254 g/mol. The van der Waals surface area contributed by atoms with Crippen molar-refractivity contribution < 1.29 is 9.84 Å². The van der Waals surface area contributed by atoms with Gasteiger partial charge in [0.2, 0.25) is 0 Å². The molecule has 0 aliphatic heterocycles. The Morgan fingerprint density at radius 2 is 2.06 bits per heavy atom. The standard InChI is InChI=1S/C12H22N4O2/c1-5-12(2,8-17)16-10-6-9(13-3)14-11(15-10)7-18-4/h6,17H,5,7-8H2,1-4H3,(H2,13,14,15,16). The van der Waals surface area contributed by atoms with Crippen LogP contribution in [0.1, 0.15) is 26.1 Å². The van der Waals surface area contributed by atoms with Crippen molar-refractivity contribution in [1.82, 2.24) is 9.97 Å². The van der Waals surface area contributed by atoms with Crippen molar-refractivity contribution in [3.63, 3.8) is 0 Å². The second kappa shape index (κ2) is 6.51. The molecule has 0 saturated carbocycles. The summed E-state index contributed by atoms with van der Waals surface area (Å²) in [5.74, 6) is 2.00. The molecule has 0 radical (unpaired) electrons. The molecule has 0 aliphatic carbocycles. The summed E-state index contributed by atoms with van der Waals surface area (Å²) in [7, 11) is 3.40. The van der Waals surface area contributed by atoms with Gasteiger partial charge in [0, 0.05) is 20.2 Å². The van der Waals surface area contributed by atoms with Crippen LogP contribution in [0.25, 0.3) is 0 Å². The average molecular weight is 254 g/mol. The Labute approximate surface area is 108 Å². The van der Waals surface area contributed by atoms with Gasteiger partial charge in [-0.05, 0) is 13.3 Å². The van der Waals surface area contributed by atoms with Gasteiger partial charge in [-0.15, -0.1) is 0 Å². The van der Waals surface area contributed by atoms with Gasteiger partial charge in [-0.2, -0.15) is 0 Å². The zero-order valence-corrected chi connectivity index (χ0v) is 11.4. The molecule has 102 valence electrons. The van der Waals surface area contributed by atoms with E-state index >= 15 is 0 Å². The van der Waals surface area contributed by atoms with E-state index in [1.807, 2.05) is 19.9 Å². The van der Waals surface area contributed by atoms with Crippen LogP contribution in [0.4, 0.5) is 11.6 Å². The zero-order chi connectivity index (χ0) is 13.6. The van der Waals surface area contributed by atoms with Crippen molar-refractivity contribution in [3.8, 4) is 0 Å². The SMILES string of the molecule is CCC(C)(CO)Nc1cc(NC)nc(COC)n1. The van der Waals surface area contributed by atoms with E-state index in [4.69, 9.17) is 4.74 Å². The third-order valence-electron chi connectivity index (χ3n) is 2.86. The first kappa shape index (κ1) is 14.7. The maximum absolute atomic E-state index is 9.40. The van der Waals surface area contributed by atoms with Crippen molar-refractivity contribution in [3.05, 3.63) is 11.9 Å². The predicted molar refractivity (Wildman–Crippen MR) is 71.7 cm³/mol. The molecule has 18 heavy (non-hydrogen) atoms. The molecule has 1 aromatic rings. The smallest absolute Gasteiger partial charge is 0.158 e. The van der Waals surface area contributed by atoms with Crippen molar-refractivity contribution in [2.24, 2.45) is 0 Å². The van der Waals surface area contributed by atoms with Gasteiger partial charge in [-0.25, -0.2) is 9.97 Å². The minimum absolute atomic E-state index is 0.0437. The molecule has 1 atom stereocenters. The fourth-order valence-corrected chi connectivity index (χ4v) is 1.43. The van der Waals surface area contributed by atoms with Gasteiger partial charge in [0.1, 0.15) is 18.2 Å². The van der Waals surface area contributed by atoms with E-state index in [1.165, 1.54) is 0 Å². The molecule has 0 bridgehead atoms. The second-order valence-corrected chi connectivity index (χ2v) is 4.43. The normalized spacial score (nSPS) is 14.1. The summed E-state index contributed by atoms with van der Waals surface area (Å²) in [4.78, 5) is 8.63. The van der Waals surface area contributed by atoms with Crippen LogP contribution in [0.15, 0.2) is 6.07 Å². The third kappa shape index (κ3) is 3.82. The molecule has 6 heteroatoms. The Balaban J connectivity index is 2.96. The average Bonchev–Trinajstić information content (AvgIpc) is 2.38. The van der Waals surface area contributed by atoms with Crippen LogP contribution in [-0.2, 0) is 11.3 Å². The number of aliphatic hydroxyl groups excluding tert-OH is 1. The van der Waals surface area contributed by atoms with Crippen molar-refractivity contribution in [2.75, 3.05) is 31.4 Å². The van der Waals surface area contributed by atoms with E-state index in [9.17, 15) is 5.11 Å². The molecular weight excluding hydrogens is 232 g/mol. The number of nitrogens with one attached hydrogen (secondary N) is 2. The number of hydrogen-bond donors (Lipinski definition) is 3. The first-order valence-corrected chi connectivity index (χ1v) is 6.00. The maximum Gasteiger partial charge on any atom is 0.158 e. The molecule has 3 N–H and O–H groups in total. The molecule has 0 spiro atoms. The van der Waals surface area contributed by atoms with Crippen LogP contribution in [0.2, 0.25) is 0 Å². The van der Waals surface area contributed by atoms with Crippen LogP contribution < -0.4 is 10.6 Å². The highest BCUT2D eigenvalue weighted by atomic mass is 16.5. The molecule has 0 aromatic carbocycles. The molecule has 0 aliphatic rings. The lowest BCUT2D eigenvalue weighted by Crippen LogP contribution is -2.38. The maximum atomic E-state index is 9.40. The van der Waals surface area contributed by atoms with Gasteiger partial charge in [0.15, 0.2) is 5.82 Å². The van der Waals surface area contributed by atoms with E-state index in [0.717, 1.165) is 12.2 Å². The molecule has 1 unspecified atom stereocenters. The Kier molecular flexibility index (Phi) is 5.30. The van der Waals surface area contributed by atoms with E-state index in [-0.39, 0.29) is 12.1 Å². The fraction of sp³-hybridized carbons (Fsp3) is 0.667. The molecule has 6 nitrogen and oxygen atoms in total. The minimum Gasteiger partial charge on any atom is -0.394 e. The Bertz CT molecular complexity index is 380. The van der Waals surface area contributed by atoms with Crippen molar-refractivity contribution >= 4 is 11.6 Å². The number of nitrogens with zero attached hydrogens (tertiary/aromatic N) is 2. The summed E-state index contributed by atoms with van der Waals surface area (Å²) >= 11 is 0. The van der Waals surface area contributed by atoms with Crippen LogP contribution in [0, 0.1) is 0 Å². The Morgan fingerprint density at radius 1 is 1.39 bits per heavy atom. The summed E-state index contributed by atoms with van der Waals surface area (Å²) in [5, 5.41) is 15.6. The lowest BCUT2D eigenvalue weighted by atomic mass is 10.0. The Morgan fingerprint density at radius 3 is 2.56 bits per heavy atom. The summed E-state index contributed by atoms with van der Waals surface area (Å²) in [6.45, 7) is 4.36. The molecule has 0 fully saturated rings. The number of ether oxygens (including phenoxy) is 1. The van der Waals surface area contributed by atoms with Crippen LogP contribution in [-0.4, -0.2) is 41.4 Å². The number of hydrogen-bond acceptors (Lipinski definition) is 6. The van der Waals surface area contributed by atoms with Gasteiger partial charge in [0.05, 0.1) is 12.1 Å². The fourth-order valence-electron chi connectivity index (χ4n) is 1.43. The van der Waals surface area contributed by atoms with E-state index < -0.39 is 0 Å². The Hall–Kier alpha value is -1.40. The van der Waals surface area contributed by atoms with E-state index in [2.05, 4.69) is 20.6 Å². The second-order valence-electron chi connectivity index (χ2n) is 4.43. The van der Waals surface area contributed by atoms with Gasteiger partial charge in [-0.3, -0.25) is 0 Å². The highest BCUT2D eigenvalue weighted by molar-refractivity contribution is 5.48. The van der Waals surface area contributed by atoms with Gasteiger partial charge in [-0.1, -0.05) is 6.92 Å². The first-order chi connectivity index (χ1) is 8.56. The number of methoxy groups -OCH3 is 1. The number of anilines is 2. The number of aromatic nitrogens is 2. The number of rotatable bonds is 7. The zero-order valence-electron chi connectivity index (χ0n) is 11.4. The van der Waals surface area contributed by atoms with E-state index in [0.29, 0.717) is 18.2 Å². The van der Waals surface area contributed by atoms with Crippen molar-refractivity contribution in [2.45, 2.75) is 32.4 Å². The van der Waals surface area contributed by atoms with Crippen LogP contribution in [0.5, 0.6) is 0 Å². The predicted octanol–water partition coefficient (Wildman–Crippen LogP) is 1.24. The molecule has 1 heterocycles. The summed E-state index contributed by atoms with van der Waals surface area (Å²) < 4.78 is 5.04. The minimum atomic E-state index is -0.385. The highest BCUT2D eigenvalue weighted by Gasteiger charge is 2.21. The highest BCUT2D eigenvalue weighted by Crippen LogP contribution is 2.18. The topological polar surface area (TPSA) is 79.3 Å². The quantitative estimate of drug-likeness (QED) is 0.679. The lowest BCUT2D eigenvalue weighted by molar-refractivity contribution is 0.178. The third-order valence-corrected chi connectivity index (χ3v) is 2.86. The van der Waals surface area contributed by atoms with Crippen LogP contribution >= 0.6 is 0 Å². The van der Waals surface area contributed by atoms with E-state index in [1.54, 1.807) is 14.2 Å². The van der Waals surface area contributed by atoms with Crippen LogP contribution in [0.3, 0.4) is 0 Å². The number of aliphatic hydroxyl groups is 1. The largest absolute Gasteiger partial charge is 0.394 e. The lowest BCUT2D eigenvalue weighted by Gasteiger charge is -2.28. The van der Waals surface area contributed by atoms with Gasteiger partial charge >= 0.3 is 0 Å². The molecule has 1 aromatic heterocycles. The summed E-state index contributed by atoms with van der Waals surface area (Å²) in [6, 6.07) is 1.81. The van der Waals surface area contributed by atoms with Gasteiger partial charge in [0.25, 0.3) is 0 Å². The summed E-state index contributed by atoms with van der Waals surface area (Å²) in [6.07, 6.45) is 0.794. The summed E-state index contributed by atoms with van der Waals surface area (Å²) in [5.41, 5.74) is -0.385. The first-order valence-electron chi connectivity index (χ1n) is 6.00. The van der Waals surface area contributed by atoms with Gasteiger partial charge < -0.3 is 20.5 Å². The molecule has 0 amide bonds.